The Morgan fingerprint density at radius 2 is 1.04 bits per heavy atom. The molecule has 2 heteroatoms. The molecule has 0 aromatic heterocycles. The number of benzene rings is 8. The molecule has 0 saturated heterocycles. The number of para-hydroxylation sites is 1. The van der Waals surface area contributed by atoms with E-state index in [1.54, 1.807) is 0 Å². The van der Waals surface area contributed by atoms with Crippen LogP contribution in [-0.4, -0.2) is 5.71 Å². The fourth-order valence-corrected chi connectivity index (χ4v) is 7.98. The van der Waals surface area contributed by atoms with Crippen LogP contribution in [0.1, 0.15) is 41.7 Å². The van der Waals surface area contributed by atoms with E-state index < -0.39 is 0 Å². The quantitative estimate of drug-likeness (QED) is 0.146. The average Bonchev–Trinajstić information content (AvgIpc) is 3.44. The standard InChI is InChI=1S/C51H40N2/c1-51(2)47-33-36(35-52-50(39-16-6-3-7-17-39)40-18-8-4-9-19-40)25-31-45(47)46-32-28-41(34-48(46)51)37-26-29-43(30-27-37)53(42-21-10-5-11-22-42)49-24-14-20-38-15-12-13-23-44(38)49/h3-34H,35H2,1-2H3. The third-order valence-corrected chi connectivity index (χ3v) is 10.7. The molecule has 1 aliphatic carbocycles. The lowest BCUT2D eigenvalue weighted by atomic mass is 9.81. The van der Waals surface area contributed by atoms with Gasteiger partial charge in [0, 0.05) is 33.3 Å². The van der Waals surface area contributed by atoms with Gasteiger partial charge in [-0.15, -0.1) is 0 Å². The predicted molar refractivity (Wildman–Crippen MR) is 224 cm³/mol. The first-order valence-corrected chi connectivity index (χ1v) is 18.4. The van der Waals surface area contributed by atoms with Crippen molar-refractivity contribution < 1.29 is 0 Å². The second-order valence-electron chi connectivity index (χ2n) is 14.4. The molecule has 0 unspecified atom stereocenters. The van der Waals surface area contributed by atoms with Gasteiger partial charge in [0.05, 0.1) is 17.9 Å². The fourth-order valence-electron chi connectivity index (χ4n) is 7.98. The summed E-state index contributed by atoms with van der Waals surface area (Å²) in [5, 5.41) is 2.46. The predicted octanol–water partition coefficient (Wildman–Crippen LogP) is 13.3. The van der Waals surface area contributed by atoms with E-state index in [4.69, 9.17) is 4.99 Å². The second kappa shape index (κ2) is 13.6. The van der Waals surface area contributed by atoms with E-state index in [0.717, 1.165) is 28.2 Å². The summed E-state index contributed by atoms with van der Waals surface area (Å²) in [7, 11) is 0. The third kappa shape index (κ3) is 6.03. The number of hydrogen-bond donors (Lipinski definition) is 0. The van der Waals surface area contributed by atoms with Gasteiger partial charge in [0.2, 0.25) is 0 Å². The van der Waals surface area contributed by atoms with Crippen molar-refractivity contribution in [3.63, 3.8) is 0 Å². The lowest BCUT2D eigenvalue weighted by molar-refractivity contribution is 0.659. The molecule has 0 fully saturated rings. The highest BCUT2D eigenvalue weighted by Gasteiger charge is 2.35. The van der Waals surface area contributed by atoms with Gasteiger partial charge in [-0.05, 0) is 80.7 Å². The fraction of sp³-hybridized carbons (Fsp3) is 0.0784. The van der Waals surface area contributed by atoms with Gasteiger partial charge in [-0.1, -0.05) is 172 Å². The van der Waals surface area contributed by atoms with Crippen molar-refractivity contribution >= 4 is 33.5 Å². The van der Waals surface area contributed by atoms with Crippen LogP contribution < -0.4 is 4.90 Å². The molecule has 0 spiro atoms. The first kappa shape index (κ1) is 32.4. The molecule has 0 aliphatic heterocycles. The summed E-state index contributed by atoms with van der Waals surface area (Å²) in [5.41, 5.74) is 15.6. The first-order valence-electron chi connectivity index (χ1n) is 18.4. The minimum atomic E-state index is -0.138. The van der Waals surface area contributed by atoms with Crippen LogP contribution in [0.15, 0.2) is 199 Å². The molecular weight excluding hydrogens is 641 g/mol. The van der Waals surface area contributed by atoms with Crippen LogP contribution in [0.25, 0.3) is 33.0 Å². The maximum atomic E-state index is 5.20. The van der Waals surface area contributed by atoms with Gasteiger partial charge in [0.15, 0.2) is 0 Å². The number of rotatable bonds is 8. The lowest BCUT2D eigenvalue weighted by Crippen LogP contribution is -2.15. The summed E-state index contributed by atoms with van der Waals surface area (Å²) in [6.45, 7) is 5.34. The van der Waals surface area contributed by atoms with Crippen LogP contribution in [0.5, 0.6) is 0 Å². The molecule has 2 nitrogen and oxygen atoms in total. The molecule has 1 aliphatic rings. The van der Waals surface area contributed by atoms with Crippen molar-refractivity contribution in [2.45, 2.75) is 25.8 Å². The second-order valence-corrected chi connectivity index (χ2v) is 14.4. The summed E-state index contributed by atoms with van der Waals surface area (Å²) in [5.74, 6) is 0. The Balaban J connectivity index is 1.02. The van der Waals surface area contributed by atoms with Crippen LogP contribution in [-0.2, 0) is 12.0 Å². The van der Waals surface area contributed by atoms with Crippen molar-refractivity contribution in [2.75, 3.05) is 4.90 Å². The summed E-state index contributed by atoms with van der Waals surface area (Å²) in [6, 6.07) is 69.8. The van der Waals surface area contributed by atoms with Crippen molar-refractivity contribution in [1.29, 1.82) is 0 Å². The smallest absolute Gasteiger partial charge is 0.0723 e. The Morgan fingerprint density at radius 3 is 1.74 bits per heavy atom. The molecular formula is C51H40N2. The Morgan fingerprint density at radius 1 is 0.491 bits per heavy atom. The highest BCUT2D eigenvalue weighted by Crippen LogP contribution is 2.50. The van der Waals surface area contributed by atoms with E-state index in [2.05, 4.69) is 213 Å². The van der Waals surface area contributed by atoms with Crippen LogP contribution in [0, 0.1) is 0 Å². The number of anilines is 3. The van der Waals surface area contributed by atoms with Crippen molar-refractivity contribution in [3.05, 3.63) is 222 Å². The van der Waals surface area contributed by atoms with Gasteiger partial charge >= 0.3 is 0 Å². The van der Waals surface area contributed by atoms with Crippen molar-refractivity contribution in [3.8, 4) is 22.3 Å². The molecule has 53 heavy (non-hydrogen) atoms. The van der Waals surface area contributed by atoms with Crippen LogP contribution in [0.2, 0.25) is 0 Å². The van der Waals surface area contributed by atoms with E-state index in [-0.39, 0.29) is 5.41 Å². The molecule has 8 aromatic rings. The van der Waals surface area contributed by atoms with Crippen LogP contribution in [0.3, 0.4) is 0 Å². The molecule has 9 rings (SSSR count). The minimum Gasteiger partial charge on any atom is -0.310 e. The maximum Gasteiger partial charge on any atom is 0.0723 e. The Labute approximate surface area is 312 Å². The zero-order valence-electron chi connectivity index (χ0n) is 30.1. The summed E-state index contributed by atoms with van der Waals surface area (Å²) < 4.78 is 0. The largest absolute Gasteiger partial charge is 0.310 e. The van der Waals surface area contributed by atoms with Gasteiger partial charge in [-0.3, -0.25) is 4.99 Å². The molecule has 0 amide bonds. The highest BCUT2D eigenvalue weighted by atomic mass is 15.1. The van der Waals surface area contributed by atoms with Gasteiger partial charge in [-0.2, -0.15) is 0 Å². The number of nitrogens with zero attached hydrogens (tertiary/aromatic N) is 2. The van der Waals surface area contributed by atoms with Crippen molar-refractivity contribution in [2.24, 2.45) is 4.99 Å². The number of fused-ring (bicyclic) bond motifs is 4. The first-order chi connectivity index (χ1) is 26.0. The van der Waals surface area contributed by atoms with Gasteiger partial charge in [-0.25, -0.2) is 0 Å². The molecule has 0 N–H and O–H groups in total. The third-order valence-electron chi connectivity index (χ3n) is 10.7. The summed E-state index contributed by atoms with van der Waals surface area (Å²) in [6.07, 6.45) is 0. The van der Waals surface area contributed by atoms with Gasteiger partial charge < -0.3 is 4.90 Å². The SMILES string of the molecule is CC1(C)c2cc(CN=C(c3ccccc3)c3ccccc3)ccc2-c2ccc(-c3ccc(N(c4ccccc4)c4cccc5ccccc45)cc3)cc21. The van der Waals surface area contributed by atoms with Gasteiger partial charge in [0.1, 0.15) is 0 Å². The Hall–Kier alpha value is -6.51. The lowest BCUT2D eigenvalue weighted by Gasteiger charge is -2.27. The maximum absolute atomic E-state index is 5.20. The molecule has 8 aromatic carbocycles. The van der Waals surface area contributed by atoms with Crippen LogP contribution in [0.4, 0.5) is 17.1 Å². The van der Waals surface area contributed by atoms with E-state index >= 15 is 0 Å². The summed E-state index contributed by atoms with van der Waals surface area (Å²) >= 11 is 0. The van der Waals surface area contributed by atoms with E-state index in [1.165, 1.54) is 55.4 Å². The van der Waals surface area contributed by atoms with E-state index in [0.29, 0.717) is 6.54 Å². The van der Waals surface area contributed by atoms with Gasteiger partial charge in [0.25, 0.3) is 0 Å². The Bertz CT molecular complexity index is 2540. The molecule has 0 radical (unpaired) electrons. The number of aliphatic imine (C=N–C) groups is 1. The Kier molecular flexibility index (Phi) is 8.29. The molecule has 254 valence electrons. The monoisotopic (exact) mass is 680 g/mol. The van der Waals surface area contributed by atoms with E-state index in [1.807, 2.05) is 0 Å². The van der Waals surface area contributed by atoms with Crippen LogP contribution >= 0.6 is 0 Å². The highest BCUT2D eigenvalue weighted by molar-refractivity contribution is 6.12. The topological polar surface area (TPSA) is 15.6 Å². The zero-order chi connectivity index (χ0) is 35.8. The summed E-state index contributed by atoms with van der Waals surface area (Å²) in [4.78, 5) is 7.56. The molecule has 0 bridgehead atoms. The minimum absolute atomic E-state index is 0.138. The zero-order valence-corrected chi connectivity index (χ0v) is 30.1. The normalized spacial score (nSPS) is 12.6. The molecule has 0 saturated carbocycles. The number of hydrogen-bond acceptors (Lipinski definition) is 2. The molecule has 0 atom stereocenters. The van der Waals surface area contributed by atoms with E-state index in [9.17, 15) is 0 Å². The van der Waals surface area contributed by atoms with Crippen molar-refractivity contribution in [1.82, 2.24) is 0 Å². The average molecular weight is 681 g/mol. The molecule has 0 heterocycles.